The van der Waals surface area contributed by atoms with Crippen LogP contribution in [0.1, 0.15) is 58.3 Å². The van der Waals surface area contributed by atoms with Gasteiger partial charge in [-0.15, -0.1) is 0 Å². The lowest BCUT2D eigenvalue weighted by Gasteiger charge is -2.55. The number of halogens is 1. The van der Waals surface area contributed by atoms with E-state index in [1.54, 1.807) is 0 Å². The highest BCUT2D eigenvalue weighted by atomic mass is 19.1. The lowest BCUT2D eigenvalue weighted by atomic mass is 9.50. The van der Waals surface area contributed by atoms with E-state index in [0.29, 0.717) is 18.3 Å². The van der Waals surface area contributed by atoms with Gasteiger partial charge in [-0.2, -0.15) is 0 Å². The minimum absolute atomic E-state index is 0.0433. The molecule has 0 aromatic rings. The first-order valence-corrected chi connectivity index (χ1v) is 9.08. The van der Waals surface area contributed by atoms with Crippen LogP contribution in [0.5, 0.6) is 0 Å². The highest BCUT2D eigenvalue weighted by Gasteiger charge is 2.59. The van der Waals surface area contributed by atoms with E-state index in [0.717, 1.165) is 37.0 Å². The van der Waals surface area contributed by atoms with Crippen molar-refractivity contribution in [3.8, 4) is 0 Å². The number of hydrogen-bond acceptors (Lipinski definition) is 2. The molecule has 120 valence electrons. The number of alkyl halides is 1. The lowest BCUT2D eigenvalue weighted by molar-refractivity contribution is -0.0703. The Morgan fingerprint density at radius 1 is 1.00 bits per heavy atom. The highest BCUT2D eigenvalue weighted by Crippen LogP contribution is 2.62. The van der Waals surface area contributed by atoms with Crippen molar-refractivity contribution in [1.82, 2.24) is 0 Å². The summed E-state index contributed by atoms with van der Waals surface area (Å²) in [5.74, 6) is 3.52. The topological polar surface area (TPSA) is 46.2 Å². The molecule has 0 radical (unpaired) electrons. The molecule has 21 heavy (non-hydrogen) atoms. The average molecular weight is 295 g/mol. The first-order valence-electron chi connectivity index (χ1n) is 9.08. The summed E-state index contributed by atoms with van der Waals surface area (Å²) >= 11 is 0. The Kier molecular flexibility index (Phi) is 3.39. The van der Waals surface area contributed by atoms with Crippen LogP contribution in [0.4, 0.5) is 4.39 Å². The van der Waals surface area contributed by atoms with E-state index in [4.69, 9.17) is 5.73 Å². The molecule has 4 rings (SSSR count). The molecule has 4 aliphatic rings. The summed E-state index contributed by atoms with van der Waals surface area (Å²) in [7, 11) is 0. The smallest absolute Gasteiger partial charge is 0.116 e. The molecule has 1 unspecified atom stereocenters. The zero-order chi connectivity index (χ0) is 14.8. The molecular formula is C18H30FNO. The maximum atomic E-state index is 14.2. The van der Waals surface area contributed by atoms with Crippen molar-refractivity contribution in [2.75, 3.05) is 0 Å². The van der Waals surface area contributed by atoms with E-state index < -0.39 is 6.17 Å². The predicted octanol–water partition coefficient (Wildman–Crippen LogP) is 3.28. The molecule has 0 heterocycles. The predicted molar refractivity (Wildman–Crippen MR) is 81.4 cm³/mol. The van der Waals surface area contributed by atoms with Crippen molar-refractivity contribution in [1.29, 1.82) is 0 Å². The molecule has 3 heteroatoms. The zero-order valence-corrected chi connectivity index (χ0v) is 13.2. The number of aliphatic hydroxyl groups excluding tert-OH is 1. The van der Waals surface area contributed by atoms with E-state index in [1.807, 2.05) is 0 Å². The van der Waals surface area contributed by atoms with E-state index in [2.05, 4.69) is 6.92 Å². The Morgan fingerprint density at radius 3 is 2.57 bits per heavy atom. The molecule has 4 saturated carbocycles. The third-order valence-electron chi connectivity index (χ3n) is 7.99. The van der Waals surface area contributed by atoms with Gasteiger partial charge in [-0.25, -0.2) is 4.39 Å². The van der Waals surface area contributed by atoms with Crippen LogP contribution in [0.3, 0.4) is 0 Å². The van der Waals surface area contributed by atoms with Crippen molar-refractivity contribution in [2.24, 2.45) is 40.7 Å². The van der Waals surface area contributed by atoms with Gasteiger partial charge in [0.2, 0.25) is 0 Å². The third-order valence-corrected chi connectivity index (χ3v) is 7.99. The van der Waals surface area contributed by atoms with Crippen LogP contribution in [-0.4, -0.2) is 23.4 Å². The molecule has 0 amide bonds. The summed E-state index contributed by atoms with van der Waals surface area (Å²) in [4.78, 5) is 0. The van der Waals surface area contributed by atoms with E-state index in [-0.39, 0.29) is 17.6 Å². The normalized spacial score (nSPS) is 60.0. The Morgan fingerprint density at radius 2 is 1.76 bits per heavy atom. The summed E-state index contributed by atoms with van der Waals surface area (Å²) < 4.78 is 14.2. The Hall–Kier alpha value is -0.150. The first kappa shape index (κ1) is 14.4. The largest absolute Gasteiger partial charge is 0.393 e. The molecule has 0 aromatic carbocycles. The van der Waals surface area contributed by atoms with Crippen LogP contribution < -0.4 is 5.73 Å². The number of fused-ring (bicyclic) bond motifs is 5. The summed E-state index contributed by atoms with van der Waals surface area (Å²) in [6.07, 6.45) is 7.91. The van der Waals surface area contributed by atoms with Gasteiger partial charge in [0.15, 0.2) is 0 Å². The molecule has 0 saturated heterocycles. The summed E-state index contributed by atoms with van der Waals surface area (Å²) in [6, 6.07) is -0.241. The van der Waals surface area contributed by atoms with Crippen molar-refractivity contribution >= 4 is 0 Å². The van der Waals surface area contributed by atoms with Crippen LogP contribution in [0.2, 0.25) is 0 Å². The average Bonchev–Trinajstić information content (AvgIpc) is 2.70. The van der Waals surface area contributed by atoms with E-state index >= 15 is 0 Å². The van der Waals surface area contributed by atoms with E-state index in [1.165, 1.54) is 25.7 Å². The van der Waals surface area contributed by atoms with Gasteiger partial charge in [0.1, 0.15) is 6.17 Å². The molecule has 2 nitrogen and oxygen atoms in total. The van der Waals surface area contributed by atoms with E-state index in [9.17, 15) is 9.50 Å². The Balaban J connectivity index is 1.58. The lowest BCUT2D eigenvalue weighted by Crippen LogP contribution is -2.51. The van der Waals surface area contributed by atoms with Gasteiger partial charge >= 0.3 is 0 Å². The molecule has 0 aromatic heterocycles. The summed E-state index contributed by atoms with van der Waals surface area (Å²) in [5, 5.41) is 9.94. The quantitative estimate of drug-likeness (QED) is 0.720. The Labute approximate surface area is 127 Å². The summed E-state index contributed by atoms with van der Waals surface area (Å²) in [6.45, 7) is 2.26. The molecule has 0 spiro atoms. The summed E-state index contributed by atoms with van der Waals surface area (Å²) in [5.41, 5.74) is 6.27. The molecular weight excluding hydrogens is 265 g/mol. The van der Waals surface area contributed by atoms with Crippen LogP contribution in [-0.2, 0) is 0 Å². The minimum Gasteiger partial charge on any atom is -0.393 e. The molecule has 0 aliphatic heterocycles. The van der Waals surface area contributed by atoms with Crippen molar-refractivity contribution in [3.63, 3.8) is 0 Å². The molecule has 3 N–H and O–H groups in total. The van der Waals surface area contributed by atoms with Gasteiger partial charge in [0.05, 0.1) is 6.10 Å². The maximum absolute atomic E-state index is 14.2. The maximum Gasteiger partial charge on any atom is 0.116 e. The third kappa shape index (κ3) is 2.03. The fraction of sp³-hybridized carbons (Fsp3) is 1.00. The molecule has 4 fully saturated rings. The van der Waals surface area contributed by atoms with Gasteiger partial charge in [0, 0.05) is 6.04 Å². The number of rotatable bonds is 0. The zero-order valence-electron chi connectivity index (χ0n) is 13.2. The van der Waals surface area contributed by atoms with Crippen molar-refractivity contribution in [2.45, 2.75) is 76.6 Å². The minimum atomic E-state index is -0.787. The molecule has 0 bridgehead atoms. The Bertz CT molecular complexity index is 416. The van der Waals surface area contributed by atoms with Gasteiger partial charge in [-0.05, 0) is 86.4 Å². The SMILES string of the molecule is C[C@]12CC[C@H]3[C@@H](CCC4C[C@@H](O)CC[C@@H]43)[C@@H]1C[C@@H](F)[C@@H]2N. The second-order valence-corrected chi connectivity index (χ2v) is 8.72. The van der Waals surface area contributed by atoms with Crippen molar-refractivity contribution < 1.29 is 9.50 Å². The second-order valence-electron chi connectivity index (χ2n) is 8.72. The standard InChI is InChI=1S/C18H30FNO/c1-18-7-6-13-12-5-3-11(21)8-10(12)2-4-14(13)15(18)9-16(19)17(18)20/h10-17,21H,2-9,20H2,1H3/t10?,11-,12-,13+,14+,15-,16+,17-,18-/m0/s1. The van der Waals surface area contributed by atoms with Crippen LogP contribution >= 0.6 is 0 Å². The van der Waals surface area contributed by atoms with Crippen LogP contribution in [0, 0.1) is 35.0 Å². The first-order chi connectivity index (χ1) is 10.0. The second kappa shape index (κ2) is 4.92. The number of hydrogen-bond donors (Lipinski definition) is 2. The fourth-order valence-electron chi connectivity index (χ4n) is 6.84. The highest BCUT2D eigenvalue weighted by molar-refractivity contribution is 5.10. The van der Waals surface area contributed by atoms with Gasteiger partial charge in [-0.3, -0.25) is 0 Å². The number of nitrogens with two attached hydrogens (primary N) is 1. The van der Waals surface area contributed by atoms with Gasteiger partial charge in [0.25, 0.3) is 0 Å². The van der Waals surface area contributed by atoms with Gasteiger partial charge < -0.3 is 10.8 Å². The van der Waals surface area contributed by atoms with Gasteiger partial charge in [-0.1, -0.05) is 6.92 Å². The van der Waals surface area contributed by atoms with Crippen molar-refractivity contribution in [3.05, 3.63) is 0 Å². The molecule has 9 atom stereocenters. The number of aliphatic hydroxyl groups is 1. The van der Waals surface area contributed by atoms with Crippen LogP contribution in [0.25, 0.3) is 0 Å². The fourth-order valence-corrected chi connectivity index (χ4v) is 6.84. The monoisotopic (exact) mass is 295 g/mol. The molecule has 4 aliphatic carbocycles. The van der Waals surface area contributed by atoms with Crippen LogP contribution in [0.15, 0.2) is 0 Å².